The van der Waals surface area contributed by atoms with Crippen LogP contribution in [0.15, 0.2) is 42.7 Å². The van der Waals surface area contributed by atoms with Crippen molar-refractivity contribution >= 4 is 17.1 Å². The van der Waals surface area contributed by atoms with Gasteiger partial charge in [0.15, 0.2) is 0 Å². The van der Waals surface area contributed by atoms with E-state index in [2.05, 4.69) is 20.4 Å². The molecule has 0 radical (unpaired) electrons. The predicted octanol–water partition coefficient (Wildman–Crippen LogP) is 3.47. The number of halogens is 2. The lowest BCUT2D eigenvalue weighted by Gasteiger charge is -2.09. The zero-order chi connectivity index (χ0) is 13.7. The third kappa shape index (κ3) is 3.80. The fraction of sp³-hybridized carbons (Fsp3) is 0.154. The van der Waals surface area contributed by atoms with Gasteiger partial charge in [0, 0.05) is 12.7 Å². The van der Waals surface area contributed by atoms with Crippen LogP contribution >= 0.6 is 0 Å². The molecule has 1 aromatic carbocycles. The number of ether oxygens (including phenoxy) is 1. The van der Waals surface area contributed by atoms with Crippen LogP contribution in [0.2, 0.25) is 0 Å². The second kappa shape index (κ2) is 5.99. The minimum atomic E-state index is -2.81. The van der Waals surface area contributed by atoms with Crippen LogP contribution in [0.3, 0.4) is 0 Å². The van der Waals surface area contributed by atoms with E-state index < -0.39 is 6.61 Å². The van der Waals surface area contributed by atoms with E-state index >= 15 is 0 Å². The van der Waals surface area contributed by atoms with Gasteiger partial charge in [-0.25, -0.2) is 0 Å². The molecule has 0 atom stereocenters. The molecule has 0 bridgehead atoms. The van der Waals surface area contributed by atoms with Crippen LogP contribution in [0.4, 0.5) is 25.8 Å². The Morgan fingerprint density at radius 2 is 1.74 bits per heavy atom. The number of rotatable bonds is 5. The van der Waals surface area contributed by atoms with Gasteiger partial charge in [0.1, 0.15) is 5.75 Å². The normalized spacial score (nSPS) is 10.3. The van der Waals surface area contributed by atoms with E-state index in [0.29, 0.717) is 0 Å². The summed E-state index contributed by atoms with van der Waals surface area (Å²) in [5.74, 6) is 0.127. The van der Waals surface area contributed by atoms with Crippen LogP contribution in [-0.2, 0) is 0 Å². The van der Waals surface area contributed by atoms with Crippen LogP contribution in [0.25, 0.3) is 0 Å². The Labute approximate surface area is 109 Å². The van der Waals surface area contributed by atoms with Gasteiger partial charge in [-0.15, -0.1) is 0 Å². The molecule has 0 aliphatic heterocycles. The third-order valence-electron chi connectivity index (χ3n) is 2.40. The molecule has 100 valence electrons. The Bertz CT molecular complexity index is 532. The summed E-state index contributed by atoms with van der Waals surface area (Å²) in [7, 11) is 1.80. The summed E-state index contributed by atoms with van der Waals surface area (Å²) >= 11 is 0. The number of pyridine rings is 1. The lowest BCUT2D eigenvalue weighted by atomic mass is 10.3. The van der Waals surface area contributed by atoms with Crippen LogP contribution in [0.5, 0.6) is 5.75 Å². The number of anilines is 3. The highest BCUT2D eigenvalue weighted by atomic mass is 19.3. The maximum Gasteiger partial charge on any atom is 0.387 e. The lowest BCUT2D eigenvalue weighted by molar-refractivity contribution is -0.0498. The zero-order valence-corrected chi connectivity index (χ0v) is 10.2. The minimum absolute atomic E-state index is 0.127. The molecule has 0 aliphatic rings. The summed E-state index contributed by atoms with van der Waals surface area (Å²) in [6.07, 6.45) is 3.37. The van der Waals surface area contributed by atoms with Crippen molar-refractivity contribution < 1.29 is 13.5 Å². The molecule has 0 spiro atoms. The summed E-state index contributed by atoms with van der Waals surface area (Å²) in [4.78, 5) is 4.06. The SMILES string of the molecule is CNc1cncc(Nc2ccc(OC(F)F)cc2)c1. The van der Waals surface area contributed by atoms with E-state index in [1.807, 2.05) is 6.07 Å². The average Bonchev–Trinajstić information content (AvgIpc) is 2.41. The number of aromatic nitrogens is 1. The van der Waals surface area contributed by atoms with Gasteiger partial charge in [0.05, 0.1) is 23.8 Å². The van der Waals surface area contributed by atoms with Crippen molar-refractivity contribution in [3.63, 3.8) is 0 Å². The maximum atomic E-state index is 12.0. The quantitative estimate of drug-likeness (QED) is 0.869. The van der Waals surface area contributed by atoms with Crippen molar-refractivity contribution in [3.8, 4) is 5.75 Å². The Balaban J connectivity index is 2.06. The fourth-order valence-corrected chi connectivity index (χ4v) is 1.53. The van der Waals surface area contributed by atoms with E-state index in [0.717, 1.165) is 17.1 Å². The molecule has 0 unspecified atom stereocenters. The molecule has 19 heavy (non-hydrogen) atoms. The smallest absolute Gasteiger partial charge is 0.387 e. The van der Waals surface area contributed by atoms with Gasteiger partial charge in [-0.05, 0) is 30.3 Å². The second-order valence-corrected chi connectivity index (χ2v) is 3.74. The molecule has 2 rings (SSSR count). The first kappa shape index (κ1) is 13.1. The second-order valence-electron chi connectivity index (χ2n) is 3.74. The largest absolute Gasteiger partial charge is 0.435 e. The molecule has 0 saturated carbocycles. The van der Waals surface area contributed by atoms with Gasteiger partial charge in [-0.2, -0.15) is 8.78 Å². The molecule has 6 heteroatoms. The standard InChI is InChI=1S/C13H13F2N3O/c1-16-10-6-11(8-17-7-10)18-9-2-4-12(5-3-9)19-13(14)15/h2-8,13,16,18H,1H3. The molecule has 0 amide bonds. The van der Waals surface area contributed by atoms with E-state index in [9.17, 15) is 8.78 Å². The zero-order valence-electron chi connectivity index (χ0n) is 10.2. The van der Waals surface area contributed by atoms with Crippen molar-refractivity contribution in [2.75, 3.05) is 17.7 Å². The van der Waals surface area contributed by atoms with E-state index in [1.165, 1.54) is 12.1 Å². The van der Waals surface area contributed by atoms with Crippen molar-refractivity contribution in [3.05, 3.63) is 42.7 Å². The number of benzene rings is 1. The lowest BCUT2D eigenvalue weighted by Crippen LogP contribution is -2.01. The molecule has 2 N–H and O–H groups in total. The average molecular weight is 265 g/mol. The Kier molecular flexibility index (Phi) is 4.12. The summed E-state index contributed by atoms with van der Waals surface area (Å²) in [5, 5.41) is 6.09. The van der Waals surface area contributed by atoms with Crippen molar-refractivity contribution in [2.24, 2.45) is 0 Å². The molecular weight excluding hydrogens is 252 g/mol. The maximum absolute atomic E-state index is 12.0. The van der Waals surface area contributed by atoms with Gasteiger partial charge in [0.2, 0.25) is 0 Å². The highest BCUT2D eigenvalue weighted by molar-refractivity contribution is 5.63. The first-order valence-electron chi connectivity index (χ1n) is 5.62. The highest BCUT2D eigenvalue weighted by Gasteiger charge is 2.03. The van der Waals surface area contributed by atoms with Crippen molar-refractivity contribution in [1.82, 2.24) is 4.98 Å². The van der Waals surface area contributed by atoms with Gasteiger partial charge < -0.3 is 15.4 Å². The van der Waals surface area contributed by atoms with Crippen LogP contribution in [0.1, 0.15) is 0 Å². The van der Waals surface area contributed by atoms with Crippen LogP contribution in [-0.4, -0.2) is 18.6 Å². The molecule has 0 saturated heterocycles. The fourth-order valence-electron chi connectivity index (χ4n) is 1.53. The highest BCUT2D eigenvalue weighted by Crippen LogP contribution is 2.22. The molecular formula is C13H13F2N3O. The molecule has 0 aliphatic carbocycles. The van der Waals surface area contributed by atoms with Crippen LogP contribution < -0.4 is 15.4 Å². The topological polar surface area (TPSA) is 46.2 Å². The van der Waals surface area contributed by atoms with Gasteiger partial charge in [-0.1, -0.05) is 0 Å². The van der Waals surface area contributed by atoms with Gasteiger partial charge in [-0.3, -0.25) is 4.98 Å². The van der Waals surface area contributed by atoms with E-state index in [1.54, 1.807) is 31.6 Å². The number of hydrogen-bond acceptors (Lipinski definition) is 4. The Morgan fingerprint density at radius 3 is 2.37 bits per heavy atom. The summed E-state index contributed by atoms with van der Waals surface area (Å²) in [6, 6.07) is 8.15. The van der Waals surface area contributed by atoms with Crippen molar-refractivity contribution in [2.45, 2.75) is 6.61 Å². The van der Waals surface area contributed by atoms with Crippen molar-refractivity contribution in [1.29, 1.82) is 0 Å². The van der Waals surface area contributed by atoms with E-state index in [-0.39, 0.29) is 5.75 Å². The Morgan fingerprint density at radius 1 is 1.05 bits per heavy atom. The summed E-state index contributed by atoms with van der Waals surface area (Å²) in [6.45, 7) is -2.81. The summed E-state index contributed by atoms with van der Waals surface area (Å²) < 4.78 is 28.3. The molecule has 1 aromatic heterocycles. The monoisotopic (exact) mass is 265 g/mol. The van der Waals surface area contributed by atoms with Gasteiger partial charge in [0.25, 0.3) is 0 Å². The third-order valence-corrected chi connectivity index (χ3v) is 2.40. The first-order valence-corrected chi connectivity index (χ1v) is 5.62. The Hall–Kier alpha value is -2.37. The minimum Gasteiger partial charge on any atom is -0.435 e. The van der Waals surface area contributed by atoms with E-state index in [4.69, 9.17) is 0 Å². The number of hydrogen-bond donors (Lipinski definition) is 2. The number of alkyl halides is 2. The molecule has 2 aromatic rings. The number of nitrogens with zero attached hydrogens (tertiary/aromatic N) is 1. The molecule has 0 fully saturated rings. The molecule has 1 heterocycles. The molecule has 4 nitrogen and oxygen atoms in total. The predicted molar refractivity (Wildman–Crippen MR) is 70.1 cm³/mol. The first-order chi connectivity index (χ1) is 9.17. The van der Waals surface area contributed by atoms with Gasteiger partial charge >= 0.3 is 6.61 Å². The number of nitrogens with one attached hydrogen (secondary N) is 2. The summed E-state index contributed by atoms with van der Waals surface area (Å²) in [5.41, 5.74) is 2.44. The van der Waals surface area contributed by atoms with Crippen LogP contribution in [0, 0.1) is 0 Å².